The van der Waals surface area contributed by atoms with E-state index in [1.54, 1.807) is 0 Å². The van der Waals surface area contributed by atoms with E-state index in [0.29, 0.717) is 12.1 Å². The molecule has 2 fully saturated rings. The lowest BCUT2D eigenvalue weighted by Crippen LogP contribution is -2.49. The van der Waals surface area contributed by atoms with E-state index >= 15 is 0 Å². The second-order valence-corrected chi connectivity index (χ2v) is 5.76. The minimum atomic E-state index is 0.451. The van der Waals surface area contributed by atoms with Gasteiger partial charge in [0, 0.05) is 25.2 Å². The molecule has 2 saturated carbocycles. The lowest BCUT2D eigenvalue weighted by atomic mass is 9.89. The van der Waals surface area contributed by atoms with Gasteiger partial charge in [0.15, 0.2) is 0 Å². The summed E-state index contributed by atoms with van der Waals surface area (Å²) in [6, 6.07) is 1.86. The molecule has 0 aromatic heterocycles. The lowest BCUT2D eigenvalue weighted by molar-refractivity contribution is 0.0379. The van der Waals surface area contributed by atoms with Gasteiger partial charge in [0.1, 0.15) is 0 Å². The zero-order chi connectivity index (χ0) is 12.3. The number of hydrogen-bond acceptors (Lipinski definition) is 3. The smallest absolute Gasteiger partial charge is 0.0620 e. The van der Waals surface area contributed by atoms with Crippen LogP contribution in [0.5, 0.6) is 0 Å². The Labute approximate surface area is 106 Å². The van der Waals surface area contributed by atoms with Crippen molar-refractivity contribution in [3.63, 3.8) is 0 Å². The van der Waals surface area contributed by atoms with Gasteiger partial charge in [0.05, 0.1) is 6.61 Å². The van der Waals surface area contributed by atoms with E-state index in [9.17, 15) is 0 Å². The third kappa shape index (κ3) is 3.43. The van der Waals surface area contributed by atoms with Crippen molar-refractivity contribution < 1.29 is 4.74 Å². The van der Waals surface area contributed by atoms with Gasteiger partial charge in [-0.05, 0) is 51.0 Å². The van der Waals surface area contributed by atoms with Crippen molar-refractivity contribution in [3.8, 4) is 0 Å². The Kier molecular flexibility index (Phi) is 4.83. The van der Waals surface area contributed by atoms with E-state index in [1.807, 2.05) is 7.11 Å². The van der Waals surface area contributed by atoms with Crippen molar-refractivity contribution in [2.75, 3.05) is 20.3 Å². The monoisotopic (exact) mass is 240 g/mol. The van der Waals surface area contributed by atoms with Crippen LogP contribution in [-0.2, 0) is 4.74 Å². The van der Waals surface area contributed by atoms with E-state index in [2.05, 4.69) is 11.8 Å². The highest BCUT2D eigenvalue weighted by atomic mass is 16.5. The maximum absolute atomic E-state index is 6.00. The predicted octanol–water partition coefficient (Wildman–Crippen LogP) is 2.00. The normalized spacial score (nSPS) is 31.8. The maximum Gasteiger partial charge on any atom is 0.0620 e. The maximum atomic E-state index is 6.00. The first kappa shape index (κ1) is 13.3. The van der Waals surface area contributed by atoms with Crippen LogP contribution in [0.15, 0.2) is 0 Å². The number of hydrogen-bond donors (Lipinski definition) is 1. The van der Waals surface area contributed by atoms with E-state index in [-0.39, 0.29) is 0 Å². The minimum Gasteiger partial charge on any atom is -0.383 e. The second kappa shape index (κ2) is 6.17. The molecule has 2 aliphatic rings. The summed E-state index contributed by atoms with van der Waals surface area (Å²) in [6.07, 6.45) is 7.76. The lowest BCUT2D eigenvalue weighted by Gasteiger charge is -2.40. The van der Waals surface area contributed by atoms with Crippen molar-refractivity contribution >= 4 is 0 Å². The molecule has 0 amide bonds. The standard InChI is InChI=1S/C14H28N2O/c1-3-16(13-8-6-12(15)7-9-13)14(10-17-2)11-4-5-11/h11-14H,3-10,15H2,1-2H3. The van der Waals surface area contributed by atoms with Crippen LogP contribution in [0.1, 0.15) is 45.4 Å². The molecule has 2 aliphatic carbocycles. The van der Waals surface area contributed by atoms with Crippen LogP contribution in [0.2, 0.25) is 0 Å². The summed E-state index contributed by atoms with van der Waals surface area (Å²) in [5.41, 5.74) is 6.00. The largest absolute Gasteiger partial charge is 0.383 e. The molecule has 0 aromatic carbocycles. The van der Waals surface area contributed by atoms with Gasteiger partial charge in [-0.15, -0.1) is 0 Å². The molecule has 100 valence electrons. The summed E-state index contributed by atoms with van der Waals surface area (Å²) in [7, 11) is 1.83. The van der Waals surface area contributed by atoms with Crippen LogP contribution >= 0.6 is 0 Å². The molecule has 2 N–H and O–H groups in total. The topological polar surface area (TPSA) is 38.5 Å². The van der Waals surface area contributed by atoms with Crippen molar-refractivity contribution in [3.05, 3.63) is 0 Å². The Bertz CT molecular complexity index is 222. The van der Waals surface area contributed by atoms with Crippen LogP contribution in [0, 0.1) is 5.92 Å². The molecule has 2 rings (SSSR count). The van der Waals surface area contributed by atoms with Gasteiger partial charge in [0.2, 0.25) is 0 Å². The first-order valence-electron chi connectivity index (χ1n) is 7.26. The Morgan fingerprint density at radius 2 is 1.82 bits per heavy atom. The second-order valence-electron chi connectivity index (χ2n) is 5.76. The van der Waals surface area contributed by atoms with Gasteiger partial charge in [0.25, 0.3) is 0 Å². The molecular weight excluding hydrogens is 212 g/mol. The molecule has 1 unspecified atom stereocenters. The molecule has 17 heavy (non-hydrogen) atoms. The van der Waals surface area contributed by atoms with E-state index < -0.39 is 0 Å². The van der Waals surface area contributed by atoms with Gasteiger partial charge in [-0.25, -0.2) is 0 Å². The fraction of sp³-hybridized carbons (Fsp3) is 1.00. The molecule has 3 nitrogen and oxygen atoms in total. The zero-order valence-corrected chi connectivity index (χ0v) is 11.4. The molecule has 3 heteroatoms. The van der Waals surface area contributed by atoms with Crippen LogP contribution in [0.25, 0.3) is 0 Å². The highest BCUT2D eigenvalue weighted by molar-refractivity contribution is 4.92. The summed E-state index contributed by atoms with van der Waals surface area (Å²) in [5.74, 6) is 0.894. The van der Waals surface area contributed by atoms with Gasteiger partial charge >= 0.3 is 0 Å². The summed E-state index contributed by atoms with van der Waals surface area (Å²) in [5, 5.41) is 0. The number of rotatable bonds is 6. The predicted molar refractivity (Wildman–Crippen MR) is 71.0 cm³/mol. The van der Waals surface area contributed by atoms with Crippen LogP contribution < -0.4 is 5.73 Å². The van der Waals surface area contributed by atoms with Crippen molar-refractivity contribution in [1.29, 1.82) is 0 Å². The Morgan fingerprint density at radius 3 is 2.29 bits per heavy atom. The fourth-order valence-corrected chi connectivity index (χ4v) is 3.35. The average Bonchev–Trinajstić information content (AvgIpc) is 3.15. The minimum absolute atomic E-state index is 0.451. The molecule has 0 radical (unpaired) electrons. The molecule has 1 atom stereocenters. The molecule has 0 aromatic rings. The number of nitrogens with zero attached hydrogens (tertiary/aromatic N) is 1. The number of methoxy groups -OCH3 is 1. The van der Waals surface area contributed by atoms with Gasteiger partial charge in [-0.1, -0.05) is 6.92 Å². The van der Waals surface area contributed by atoms with E-state index in [0.717, 1.165) is 25.1 Å². The summed E-state index contributed by atoms with van der Waals surface area (Å²) >= 11 is 0. The molecule has 0 bridgehead atoms. The SMILES string of the molecule is CCN(C1CCC(N)CC1)C(COC)C1CC1. The van der Waals surface area contributed by atoms with Crippen molar-refractivity contribution in [2.45, 2.75) is 63.6 Å². The van der Waals surface area contributed by atoms with E-state index in [1.165, 1.54) is 38.5 Å². The molecular formula is C14H28N2O. The zero-order valence-electron chi connectivity index (χ0n) is 11.4. The Morgan fingerprint density at radius 1 is 1.18 bits per heavy atom. The van der Waals surface area contributed by atoms with Crippen molar-refractivity contribution in [1.82, 2.24) is 4.90 Å². The molecule has 0 aliphatic heterocycles. The first-order chi connectivity index (χ1) is 8.26. The average molecular weight is 240 g/mol. The number of likely N-dealkylation sites (N-methyl/N-ethyl adjacent to an activating group) is 1. The third-order valence-electron chi connectivity index (χ3n) is 4.51. The highest BCUT2D eigenvalue weighted by Crippen LogP contribution is 2.37. The summed E-state index contributed by atoms with van der Waals surface area (Å²) in [4.78, 5) is 2.70. The van der Waals surface area contributed by atoms with Crippen molar-refractivity contribution in [2.24, 2.45) is 11.7 Å². The van der Waals surface area contributed by atoms with Crippen LogP contribution in [0.4, 0.5) is 0 Å². The quantitative estimate of drug-likeness (QED) is 0.772. The third-order valence-corrected chi connectivity index (χ3v) is 4.51. The molecule has 0 saturated heterocycles. The Balaban J connectivity index is 1.93. The van der Waals surface area contributed by atoms with Crippen LogP contribution in [0.3, 0.4) is 0 Å². The summed E-state index contributed by atoms with van der Waals surface area (Å²) in [6.45, 7) is 4.35. The fourth-order valence-electron chi connectivity index (χ4n) is 3.35. The number of ether oxygens (including phenoxy) is 1. The van der Waals surface area contributed by atoms with Gasteiger partial charge in [-0.2, -0.15) is 0 Å². The molecule has 0 spiro atoms. The Hall–Kier alpha value is -0.120. The van der Waals surface area contributed by atoms with Gasteiger partial charge in [-0.3, -0.25) is 4.90 Å². The highest BCUT2D eigenvalue weighted by Gasteiger charge is 2.38. The molecule has 0 heterocycles. The van der Waals surface area contributed by atoms with Gasteiger partial charge < -0.3 is 10.5 Å². The first-order valence-corrected chi connectivity index (χ1v) is 7.26. The van der Waals surface area contributed by atoms with Crippen LogP contribution in [-0.4, -0.2) is 43.3 Å². The number of nitrogens with two attached hydrogens (primary N) is 1. The summed E-state index contributed by atoms with van der Waals surface area (Å²) < 4.78 is 5.43. The van der Waals surface area contributed by atoms with E-state index in [4.69, 9.17) is 10.5 Å².